The molecule has 2 N–H and O–H groups in total. The number of aromatic nitrogens is 1. The highest BCUT2D eigenvalue weighted by atomic mass is 19.3. The molecule has 1 aromatic rings. The summed E-state index contributed by atoms with van der Waals surface area (Å²) in [5.74, 6) is 0. The first-order valence-corrected chi connectivity index (χ1v) is 4.52. The number of alkyl halides is 2. The fraction of sp³-hybridized carbons (Fsp3) is 0.400. The number of nitrogens with two attached hydrogens (primary N) is 1. The van der Waals surface area contributed by atoms with Crippen molar-refractivity contribution in [1.29, 1.82) is 5.26 Å². The number of nitrogen functional groups attached to an aromatic ring is 1. The van der Waals surface area contributed by atoms with Gasteiger partial charge in [0.2, 0.25) is 0 Å². The summed E-state index contributed by atoms with van der Waals surface area (Å²) in [6.45, 7) is 1.63. The van der Waals surface area contributed by atoms with Gasteiger partial charge in [-0.2, -0.15) is 5.26 Å². The Morgan fingerprint density at radius 3 is 2.62 bits per heavy atom. The van der Waals surface area contributed by atoms with Crippen molar-refractivity contribution in [2.45, 2.75) is 19.5 Å². The van der Waals surface area contributed by atoms with Gasteiger partial charge in [-0.1, -0.05) is 0 Å². The third kappa shape index (κ3) is 2.09. The number of methoxy groups -OCH3 is 1. The molecule has 1 rings (SSSR count). The van der Waals surface area contributed by atoms with E-state index in [1.807, 2.05) is 0 Å². The Kier molecular flexibility index (Phi) is 3.74. The van der Waals surface area contributed by atoms with Crippen LogP contribution in [0.25, 0.3) is 0 Å². The minimum atomic E-state index is -2.81. The van der Waals surface area contributed by atoms with Crippen molar-refractivity contribution in [3.05, 3.63) is 23.0 Å². The number of ether oxygens (including phenoxy) is 1. The second-order valence-corrected chi connectivity index (χ2v) is 3.18. The van der Waals surface area contributed by atoms with E-state index < -0.39 is 18.2 Å². The topological polar surface area (TPSA) is 71.9 Å². The molecule has 1 unspecified atom stereocenters. The summed E-state index contributed by atoms with van der Waals surface area (Å²) >= 11 is 0. The molecule has 0 spiro atoms. The molecule has 0 saturated carbocycles. The van der Waals surface area contributed by atoms with Crippen LogP contribution < -0.4 is 5.73 Å². The van der Waals surface area contributed by atoms with Gasteiger partial charge in [0.1, 0.15) is 11.8 Å². The lowest BCUT2D eigenvalue weighted by Gasteiger charge is -2.15. The number of hydrogen-bond donors (Lipinski definition) is 1. The molecule has 0 aliphatic rings. The highest BCUT2D eigenvalue weighted by Gasteiger charge is 2.23. The smallest absolute Gasteiger partial charge is 0.281 e. The van der Waals surface area contributed by atoms with Gasteiger partial charge in [-0.3, -0.25) is 4.98 Å². The van der Waals surface area contributed by atoms with Crippen LogP contribution in [0.1, 0.15) is 36.3 Å². The molecule has 0 aliphatic heterocycles. The Bertz CT molecular complexity index is 429. The van der Waals surface area contributed by atoms with E-state index in [4.69, 9.17) is 15.7 Å². The Morgan fingerprint density at radius 1 is 1.56 bits per heavy atom. The standard InChI is InChI=1S/C10H11F2N3O/c1-5(16-2)8-6(3-13)9(10(11)12)15-4-7(8)14/h4-5,10H,14H2,1-2H3. The van der Waals surface area contributed by atoms with E-state index in [0.717, 1.165) is 6.20 Å². The van der Waals surface area contributed by atoms with Crippen LogP contribution in [0.4, 0.5) is 14.5 Å². The average Bonchev–Trinajstić information content (AvgIpc) is 2.26. The Labute approximate surface area is 91.7 Å². The average molecular weight is 227 g/mol. The zero-order chi connectivity index (χ0) is 12.3. The molecule has 1 heterocycles. The van der Waals surface area contributed by atoms with Gasteiger partial charge in [0.25, 0.3) is 6.43 Å². The largest absolute Gasteiger partial charge is 0.397 e. The first kappa shape index (κ1) is 12.3. The predicted molar refractivity (Wildman–Crippen MR) is 53.7 cm³/mol. The lowest BCUT2D eigenvalue weighted by atomic mass is 10.0. The number of nitriles is 1. The van der Waals surface area contributed by atoms with Gasteiger partial charge in [0, 0.05) is 12.7 Å². The minimum Gasteiger partial charge on any atom is -0.397 e. The second kappa shape index (κ2) is 4.86. The van der Waals surface area contributed by atoms with Crippen molar-refractivity contribution in [2.24, 2.45) is 0 Å². The molecular formula is C10H11F2N3O. The van der Waals surface area contributed by atoms with E-state index in [-0.39, 0.29) is 16.8 Å². The van der Waals surface area contributed by atoms with Crippen molar-refractivity contribution >= 4 is 5.69 Å². The molecule has 0 aromatic carbocycles. The SMILES string of the molecule is COC(C)c1c(N)cnc(C(F)F)c1C#N. The molecule has 86 valence electrons. The lowest BCUT2D eigenvalue weighted by molar-refractivity contribution is 0.118. The fourth-order valence-corrected chi connectivity index (χ4v) is 1.39. The molecule has 0 aliphatic carbocycles. The summed E-state index contributed by atoms with van der Waals surface area (Å²) in [5.41, 5.74) is 5.28. The number of rotatable bonds is 3. The summed E-state index contributed by atoms with van der Waals surface area (Å²) in [5, 5.41) is 8.88. The second-order valence-electron chi connectivity index (χ2n) is 3.18. The number of halogens is 2. The molecular weight excluding hydrogens is 216 g/mol. The number of nitrogens with zero attached hydrogens (tertiary/aromatic N) is 2. The zero-order valence-electron chi connectivity index (χ0n) is 8.87. The summed E-state index contributed by atoms with van der Waals surface area (Å²) in [7, 11) is 1.41. The monoisotopic (exact) mass is 227 g/mol. The Balaban J connectivity index is 3.46. The molecule has 1 aromatic heterocycles. The van der Waals surface area contributed by atoms with Gasteiger partial charge in [-0.05, 0) is 6.92 Å². The quantitative estimate of drug-likeness (QED) is 0.858. The predicted octanol–water partition coefficient (Wildman–Crippen LogP) is 2.18. The maximum Gasteiger partial charge on any atom is 0.281 e. The summed E-state index contributed by atoms with van der Waals surface area (Å²) in [6.07, 6.45) is -2.22. The van der Waals surface area contributed by atoms with Crippen LogP contribution >= 0.6 is 0 Å². The van der Waals surface area contributed by atoms with Gasteiger partial charge >= 0.3 is 0 Å². The lowest BCUT2D eigenvalue weighted by Crippen LogP contribution is -2.09. The van der Waals surface area contributed by atoms with Gasteiger partial charge in [0.15, 0.2) is 0 Å². The van der Waals surface area contributed by atoms with Crippen LogP contribution in [0.3, 0.4) is 0 Å². The van der Waals surface area contributed by atoms with Gasteiger partial charge < -0.3 is 10.5 Å². The number of hydrogen-bond acceptors (Lipinski definition) is 4. The van der Waals surface area contributed by atoms with Crippen molar-refractivity contribution in [2.75, 3.05) is 12.8 Å². The van der Waals surface area contributed by atoms with Gasteiger partial charge in [-0.25, -0.2) is 8.78 Å². The summed E-state index contributed by atoms with van der Waals surface area (Å²) < 4.78 is 30.2. The number of anilines is 1. The van der Waals surface area contributed by atoms with Crippen LogP contribution in [-0.4, -0.2) is 12.1 Å². The summed E-state index contributed by atoms with van der Waals surface area (Å²) in [4.78, 5) is 3.47. The van der Waals surface area contributed by atoms with Crippen LogP contribution in [0, 0.1) is 11.3 Å². The molecule has 4 nitrogen and oxygen atoms in total. The highest BCUT2D eigenvalue weighted by molar-refractivity contribution is 5.56. The molecule has 0 amide bonds. The maximum atomic E-state index is 12.6. The van der Waals surface area contributed by atoms with Gasteiger partial charge in [-0.15, -0.1) is 0 Å². The fourth-order valence-electron chi connectivity index (χ4n) is 1.39. The van der Waals surface area contributed by atoms with E-state index in [1.165, 1.54) is 7.11 Å². The van der Waals surface area contributed by atoms with E-state index in [0.29, 0.717) is 0 Å². The molecule has 6 heteroatoms. The third-order valence-electron chi connectivity index (χ3n) is 2.26. The van der Waals surface area contributed by atoms with E-state index in [1.54, 1.807) is 13.0 Å². The molecule has 16 heavy (non-hydrogen) atoms. The first-order chi connectivity index (χ1) is 7.52. The first-order valence-electron chi connectivity index (χ1n) is 4.52. The molecule has 0 radical (unpaired) electrons. The van der Waals surface area contributed by atoms with Crippen LogP contribution in [0.2, 0.25) is 0 Å². The van der Waals surface area contributed by atoms with Crippen LogP contribution in [0.5, 0.6) is 0 Å². The van der Waals surface area contributed by atoms with Crippen molar-refractivity contribution < 1.29 is 13.5 Å². The van der Waals surface area contributed by atoms with Crippen molar-refractivity contribution in [3.63, 3.8) is 0 Å². The highest BCUT2D eigenvalue weighted by Crippen LogP contribution is 2.31. The maximum absolute atomic E-state index is 12.6. The van der Waals surface area contributed by atoms with Gasteiger partial charge in [0.05, 0.1) is 23.6 Å². The molecule has 0 bridgehead atoms. The molecule has 0 fully saturated rings. The minimum absolute atomic E-state index is 0.176. The van der Waals surface area contributed by atoms with Crippen molar-refractivity contribution in [1.82, 2.24) is 4.98 Å². The van der Waals surface area contributed by atoms with E-state index >= 15 is 0 Å². The third-order valence-corrected chi connectivity index (χ3v) is 2.26. The Morgan fingerprint density at radius 2 is 2.19 bits per heavy atom. The number of pyridine rings is 1. The van der Waals surface area contributed by atoms with E-state index in [2.05, 4.69) is 4.98 Å². The van der Waals surface area contributed by atoms with Crippen LogP contribution in [0.15, 0.2) is 6.20 Å². The van der Waals surface area contributed by atoms with Crippen LogP contribution in [-0.2, 0) is 4.74 Å². The zero-order valence-corrected chi connectivity index (χ0v) is 8.87. The summed E-state index contributed by atoms with van der Waals surface area (Å²) in [6, 6.07) is 1.70. The van der Waals surface area contributed by atoms with E-state index in [9.17, 15) is 8.78 Å². The normalized spacial score (nSPS) is 12.5. The molecule has 1 atom stereocenters. The molecule has 0 saturated heterocycles. The Hall–Kier alpha value is -1.74. The van der Waals surface area contributed by atoms with Crippen molar-refractivity contribution in [3.8, 4) is 6.07 Å².